The summed E-state index contributed by atoms with van der Waals surface area (Å²) in [7, 11) is 0. The van der Waals surface area contributed by atoms with Gasteiger partial charge in [-0.05, 0) is 44.2 Å². The smallest absolute Gasteiger partial charge is 0.313 e. The van der Waals surface area contributed by atoms with Crippen LogP contribution in [0.5, 0.6) is 0 Å². The van der Waals surface area contributed by atoms with Crippen LogP contribution in [0.1, 0.15) is 30.4 Å². The molecule has 1 aliphatic heterocycles. The van der Waals surface area contributed by atoms with Gasteiger partial charge in [0.05, 0.1) is 13.2 Å². The number of benzene rings is 1. The molecule has 0 unspecified atom stereocenters. The molecule has 6 nitrogen and oxygen atoms in total. The third-order valence-corrected chi connectivity index (χ3v) is 5.47. The minimum atomic E-state index is -0.603. The lowest BCUT2D eigenvalue weighted by Crippen LogP contribution is -2.63. The molecule has 1 heterocycles. The molecule has 25 heavy (non-hydrogen) atoms. The van der Waals surface area contributed by atoms with Gasteiger partial charge in [0.1, 0.15) is 0 Å². The number of rotatable bonds is 4. The van der Waals surface area contributed by atoms with Gasteiger partial charge < -0.3 is 15.4 Å². The minimum absolute atomic E-state index is 0.00169. The van der Waals surface area contributed by atoms with Crippen molar-refractivity contribution in [1.82, 2.24) is 10.2 Å². The van der Waals surface area contributed by atoms with Gasteiger partial charge in [-0.2, -0.15) is 0 Å². The van der Waals surface area contributed by atoms with Gasteiger partial charge in [0.15, 0.2) is 0 Å². The number of carbonyl (C=O) groups is 2. The van der Waals surface area contributed by atoms with Crippen LogP contribution in [-0.4, -0.2) is 55.1 Å². The topological polar surface area (TPSA) is 70.7 Å². The zero-order valence-electron chi connectivity index (χ0n) is 15.1. The zero-order chi connectivity index (χ0) is 17.9. The summed E-state index contributed by atoms with van der Waals surface area (Å²) in [6.45, 7) is 7.62. The van der Waals surface area contributed by atoms with Crippen molar-refractivity contribution in [2.45, 2.75) is 38.6 Å². The van der Waals surface area contributed by atoms with Crippen molar-refractivity contribution in [3.8, 4) is 0 Å². The second-order valence-electron chi connectivity index (χ2n) is 7.08. The van der Waals surface area contributed by atoms with Gasteiger partial charge in [-0.15, -0.1) is 0 Å². The fraction of sp³-hybridized carbons (Fsp3) is 0.579. The lowest BCUT2D eigenvalue weighted by atomic mass is 9.75. The molecular formula is C19H27N3O3. The minimum Gasteiger partial charge on any atom is -0.379 e. The molecule has 1 saturated carbocycles. The van der Waals surface area contributed by atoms with E-state index in [4.69, 9.17) is 4.74 Å². The lowest BCUT2D eigenvalue weighted by Gasteiger charge is -2.51. The van der Waals surface area contributed by atoms with Crippen molar-refractivity contribution in [1.29, 1.82) is 0 Å². The highest BCUT2D eigenvalue weighted by Crippen LogP contribution is 2.37. The summed E-state index contributed by atoms with van der Waals surface area (Å²) >= 11 is 0. The average Bonchev–Trinajstić information content (AvgIpc) is 2.58. The van der Waals surface area contributed by atoms with Crippen molar-refractivity contribution < 1.29 is 14.3 Å². The molecule has 6 heteroatoms. The van der Waals surface area contributed by atoms with Crippen LogP contribution in [0, 0.1) is 13.8 Å². The maximum atomic E-state index is 12.3. The Kier molecular flexibility index (Phi) is 5.39. The fourth-order valence-electron chi connectivity index (χ4n) is 3.73. The number of para-hydroxylation sites is 1. The van der Waals surface area contributed by atoms with Crippen LogP contribution >= 0.6 is 0 Å². The van der Waals surface area contributed by atoms with Gasteiger partial charge in [-0.1, -0.05) is 18.2 Å². The van der Waals surface area contributed by atoms with Crippen LogP contribution < -0.4 is 10.6 Å². The SMILES string of the molecule is Cc1cccc(C)c1NC(=O)C(=O)NCC1(N2CCOCC2)CCC1. The molecule has 2 amide bonds. The van der Waals surface area contributed by atoms with Crippen LogP contribution in [0.25, 0.3) is 0 Å². The highest BCUT2D eigenvalue weighted by molar-refractivity contribution is 6.39. The van der Waals surface area contributed by atoms with Crippen LogP contribution in [0.15, 0.2) is 18.2 Å². The first-order valence-corrected chi connectivity index (χ1v) is 9.00. The highest BCUT2D eigenvalue weighted by atomic mass is 16.5. The van der Waals surface area contributed by atoms with Crippen molar-refractivity contribution in [2.75, 3.05) is 38.2 Å². The van der Waals surface area contributed by atoms with E-state index in [2.05, 4.69) is 15.5 Å². The molecule has 1 aromatic rings. The number of aryl methyl sites for hydroxylation is 2. The Morgan fingerprint density at radius 3 is 2.32 bits per heavy atom. The van der Waals surface area contributed by atoms with Gasteiger partial charge in [-0.25, -0.2) is 0 Å². The van der Waals surface area contributed by atoms with E-state index < -0.39 is 11.8 Å². The maximum Gasteiger partial charge on any atom is 0.313 e. The Morgan fingerprint density at radius 2 is 1.76 bits per heavy atom. The average molecular weight is 345 g/mol. The third kappa shape index (κ3) is 3.85. The largest absolute Gasteiger partial charge is 0.379 e. The summed E-state index contributed by atoms with van der Waals surface area (Å²) in [5.74, 6) is -1.17. The molecule has 0 atom stereocenters. The molecule has 3 rings (SSSR count). The molecule has 2 fully saturated rings. The molecular weight excluding hydrogens is 318 g/mol. The number of hydrogen-bond donors (Lipinski definition) is 2. The maximum absolute atomic E-state index is 12.3. The first-order valence-electron chi connectivity index (χ1n) is 9.00. The second-order valence-corrected chi connectivity index (χ2v) is 7.08. The number of carbonyl (C=O) groups excluding carboxylic acids is 2. The number of amides is 2. The van der Waals surface area contributed by atoms with Gasteiger partial charge in [-0.3, -0.25) is 14.5 Å². The number of ether oxygens (including phenoxy) is 1. The van der Waals surface area contributed by atoms with Gasteiger partial charge in [0.25, 0.3) is 0 Å². The molecule has 136 valence electrons. The molecule has 2 aliphatic rings. The van der Waals surface area contributed by atoms with E-state index in [1.165, 1.54) is 6.42 Å². The fourth-order valence-corrected chi connectivity index (χ4v) is 3.73. The van der Waals surface area contributed by atoms with E-state index in [9.17, 15) is 9.59 Å². The Morgan fingerprint density at radius 1 is 1.12 bits per heavy atom. The van der Waals surface area contributed by atoms with Crippen LogP contribution in [0.4, 0.5) is 5.69 Å². The first kappa shape index (κ1) is 17.9. The summed E-state index contributed by atoms with van der Waals surface area (Å²) in [6, 6.07) is 5.77. The normalized spacial score (nSPS) is 19.8. The Bertz CT molecular complexity index is 629. The van der Waals surface area contributed by atoms with E-state index in [0.29, 0.717) is 12.2 Å². The number of nitrogens with zero attached hydrogens (tertiary/aromatic N) is 1. The predicted molar refractivity (Wildman–Crippen MR) is 96.5 cm³/mol. The van der Waals surface area contributed by atoms with E-state index in [1.807, 2.05) is 32.0 Å². The molecule has 1 saturated heterocycles. The van der Waals surface area contributed by atoms with Crippen LogP contribution in [-0.2, 0) is 14.3 Å². The molecule has 0 aromatic heterocycles. The molecule has 2 N–H and O–H groups in total. The number of nitrogens with one attached hydrogen (secondary N) is 2. The molecule has 0 radical (unpaired) electrons. The summed E-state index contributed by atoms with van der Waals surface area (Å²) in [5.41, 5.74) is 2.61. The Labute approximate surface area is 148 Å². The standard InChI is InChI=1S/C19H27N3O3/c1-14-5-3-6-15(2)16(14)21-18(24)17(23)20-13-19(7-4-8-19)22-9-11-25-12-10-22/h3,5-6H,4,7-13H2,1-2H3,(H,20,23)(H,21,24). The van der Waals surface area contributed by atoms with E-state index >= 15 is 0 Å². The van der Waals surface area contributed by atoms with Crippen molar-refractivity contribution >= 4 is 17.5 Å². The highest BCUT2D eigenvalue weighted by Gasteiger charge is 2.43. The monoisotopic (exact) mass is 345 g/mol. The van der Waals surface area contributed by atoms with E-state index in [1.54, 1.807) is 0 Å². The van der Waals surface area contributed by atoms with E-state index in [-0.39, 0.29) is 5.54 Å². The van der Waals surface area contributed by atoms with Crippen molar-refractivity contribution in [3.63, 3.8) is 0 Å². The Hall–Kier alpha value is -1.92. The number of anilines is 1. The third-order valence-electron chi connectivity index (χ3n) is 5.47. The zero-order valence-corrected chi connectivity index (χ0v) is 15.1. The van der Waals surface area contributed by atoms with Crippen molar-refractivity contribution in [2.24, 2.45) is 0 Å². The summed E-state index contributed by atoms with van der Waals surface area (Å²) in [6.07, 6.45) is 3.29. The number of morpholine rings is 1. The summed E-state index contributed by atoms with van der Waals surface area (Å²) in [5, 5.41) is 5.59. The summed E-state index contributed by atoms with van der Waals surface area (Å²) < 4.78 is 5.42. The molecule has 0 spiro atoms. The van der Waals surface area contributed by atoms with Crippen LogP contribution in [0.2, 0.25) is 0 Å². The lowest BCUT2D eigenvalue weighted by molar-refractivity contribution is -0.137. The molecule has 1 aromatic carbocycles. The molecule has 0 bridgehead atoms. The quantitative estimate of drug-likeness (QED) is 0.814. The van der Waals surface area contributed by atoms with Crippen LogP contribution in [0.3, 0.4) is 0 Å². The van der Waals surface area contributed by atoms with Crippen molar-refractivity contribution in [3.05, 3.63) is 29.3 Å². The predicted octanol–water partition coefficient (Wildman–Crippen LogP) is 1.61. The Balaban J connectivity index is 1.57. The molecule has 1 aliphatic carbocycles. The van der Waals surface area contributed by atoms with Gasteiger partial charge in [0, 0.05) is 30.9 Å². The second kappa shape index (κ2) is 7.54. The van der Waals surface area contributed by atoms with Gasteiger partial charge >= 0.3 is 11.8 Å². The van der Waals surface area contributed by atoms with E-state index in [0.717, 1.165) is 50.3 Å². The number of hydrogen-bond acceptors (Lipinski definition) is 4. The summed E-state index contributed by atoms with van der Waals surface area (Å²) in [4.78, 5) is 26.9. The first-order chi connectivity index (χ1) is 12.0. The van der Waals surface area contributed by atoms with Gasteiger partial charge in [0.2, 0.25) is 0 Å².